The molecular formula is C18H30N2O2. The summed E-state index contributed by atoms with van der Waals surface area (Å²) in [5.41, 5.74) is 8.88. The molecule has 0 aliphatic heterocycles. The van der Waals surface area contributed by atoms with Crippen molar-refractivity contribution in [3.63, 3.8) is 0 Å². The average Bonchev–Trinajstić information content (AvgIpc) is 2.36. The van der Waals surface area contributed by atoms with Crippen LogP contribution in [-0.2, 0) is 4.79 Å². The summed E-state index contributed by atoms with van der Waals surface area (Å²) in [6.45, 7) is 12.3. The average molecular weight is 306 g/mol. The molecular weight excluding hydrogens is 276 g/mol. The SMILES string of the molecule is CC(C)C(c1ccc(N(C)C(C)(C)C)c(N)c1)C(C)C(=O)O. The predicted molar refractivity (Wildman–Crippen MR) is 93.4 cm³/mol. The summed E-state index contributed by atoms with van der Waals surface area (Å²) in [7, 11) is 2.02. The van der Waals surface area contributed by atoms with Gasteiger partial charge >= 0.3 is 5.97 Å². The van der Waals surface area contributed by atoms with Crippen molar-refractivity contribution < 1.29 is 9.90 Å². The maximum atomic E-state index is 11.4. The van der Waals surface area contributed by atoms with Crippen LogP contribution >= 0.6 is 0 Å². The minimum absolute atomic E-state index is 0.0263. The van der Waals surface area contributed by atoms with Crippen LogP contribution in [0.3, 0.4) is 0 Å². The van der Waals surface area contributed by atoms with Crippen LogP contribution in [0.5, 0.6) is 0 Å². The summed E-state index contributed by atoms with van der Waals surface area (Å²) in [5.74, 6) is -1.02. The minimum atomic E-state index is -0.770. The highest BCUT2D eigenvalue weighted by Crippen LogP contribution is 2.36. The third-order valence-corrected chi connectivity index (χ3v) is 4.45. The van der Waals surface area contributed by atoms with Crippen LogP contribution in [0.2, 0.25) is 0 Å². The van der Waals surface area contributed by atoms with Crippen LogP contribution < -0.4 is 10.6 Å². The molecule has 1 aromatic rings. The molecule has 2 atom stereocenters. The van der Waals surface area contributed by atoms with Crippen LogP contribution in [0.1, 0.15) is 53.0 Å². The molecule has 0 aliphatic rings. The fourth-order valence-corrected chi connectivity index (χ4v) is 2.85. The zero-order valence-electron chi connectivity index (χ0n) is 14.8. The topological polar surface area (TPSA) is 66.6 Å². The Morgan fingerprint density at radius 3 is 2.14 bits per heavy atom. The molecule has 0 aliphatic carbocycles. The minimum Gasteiger partial charge on any atom is -0.481 e. The van der Waals surface area contributed by atoms with E-state index in [9.17, 15) is 9.90 Å². The number of aliphatic carboxylic acids is 1. The molecule has 0 saturated carbocycles. The van der Waals surface area contributed by atoms with Crippen molar-refractivity contribution in [2.75, 3.05) is 17.7 Å². The van der Waals surface area contributed by atoms with E-state index in [-0.39, 0.29) is 17.4 Å². The van der Waals surface area contributed by atoms with Gasteiger partial charge in [0.1, 0.15) is 0 Å². The number of nitrogen functional groups attached to an aromatic ring is 1. The van der Waals surface area contributed by atoms with E-state index in [1.54, 1.807) is 6.92 Å². The number of nitrogens with zero attached hydrogens (tertiary/aromatic N) is 1. The lowest BCUT2D eigenvalue weighted by atomic mass is 9.79. The van der Waals surface area contributed by atoms with Crippen LogP contribution in [0, 0.1) is 11.8 Å². The smallest absolute Gasteiger partial charge is 0.306 e. The van der Waals surface area contributed by atoms with Gasteiger partial charge in [-0.3, -0.25) is 4.79 Å². The van der Waals surface area contributed by atoms with Crippen molar-refractivity contribution in [3.05, 3.63) is 23.8 Å². The molecule has 2 unspecified atom stereocenters. The number of benzene rings is 1. The Balaban J connectivity index is 3.23. The van der Waals surface area contributed by atoms with E-state index in [2.05, 4.69) is 39.5 Å². The first kappa shape index (κ1) is 18.3. The number of nitrogens with two attached hydrogens (primary N) is 1. The van der Waals surface area contributed by atoms with Crippen LogP contribution in [-0.4, -0.2) is 23.7 Å². The molecule has 4 heteroatoms. The lowest BCUT2D eigenvalue weighted by Gasteiger charge is -2.35. The molecule has 3 N–H and O–H groups in total. The summed E-state index contributed by atoms with van der Waals surface area (Å²) in [5, 5.41) is 9.34. The molecule has 0 amide bonds. The second-order valence-corrected chi connectivity index (χ2v) is 7.44. The van der Waals surface area contributed by atoms with Crippen molar-refractivity contribution in [1.29, 1.82) is 0 Å². The maximum Gasteiger partial charge on any atom is 0.306 e. The number of rotatable bonds is 5. The highest BCUT2D eigenvalue weighted by Gasteiger charge is 2.29. The normalized spacial score (nSPS) is 14.7. The van der Waals surface area contributed by atoms with E-state index < -0.39 is 11.9 Å². The second-order valence-electron chi connectivity index (χ2n) is 7.44. The molecule has 0 radical (unpaired) electrons. The van der Waals surface area contributed by atoms with Gasteiger partial charge in [-0.1, -0.05) is 26.8 Å². The van der Waals surface area contributed by atoms with Gasteiger partial charge in [-0.2, -0.15) is 0 Å². The van der Waals surface area contributed by atoms with Gasteiger partial charge < -0.3 is 15.7 Å². The van der Waals surface area contributed by atoms with E-state index in [1.165, 1.54) is 0 Å². The van der Waals surface area contributed by atoms with E-state index in [0.717, 1.165) is 11.3 Å². The quantitative estimate of drug-likeness (QED) is 0.808. The van der Waals surface area contributed by atoms with E-state index in [4.69, 9.17) is 5.73 Å². The molecule has 1 aromatic carbocycles. The molecule has 0 aromatic heterocycles. The van der Waals surface area contributed by atoms with Crippen LogP contribution in [0.4, 0.5) is 11.4 Å². The van der Waals surface area contributed by atoms with Gasteiger partial charge in [-0.05, 0) is 50.3 Å². The summed E-state index contributed by atoms with van der Waals surface area (Å²) in [4.78, 5) is 13.5. The van der Waals surface area contributed by atoms with Gasteiger partial charge in [0, 0.05) is 12.6 Å². The highest BCUT2D eigenvalue weighted by molar-refractivity contribution is 5.73. The van der Waals surface area contributed by atoms with Crippen molar-refractivity contribution in [2.24, 2.45) is 11.8 Å². The number of hydrogen-bond donors (Lipinski definition) is 2. The van der Waals surface area contributed by atoms with Gasteiger partial charge in [0.25, 0.3) is 0 Å². The fourth-order valence-electron chi connectivity index (χ4n) is 2.85. The van der Waals surface area contributed by atoms with Crippen molar-refractivity contribution in [2.45, 2.75) is 53.0 Å². The molecule has 0 heterocycles. The lowest BCUT2D eigenvalue weighted by molar-refractivity contribution is -0.142. The molecule has 4 nitrogen and oxygen atoms in total. The number of carboxylic acid groups (broad SMARTS) is 1. The number of carbonyl (C=O) groups is 1. The summed E-state index contributed by atoms with van der Waals surface area (Å²) >= 11 is 0. The predicted octanol–water partition coefficient (Wildman–Crippen LogP) is 3.96. The third kappa shape index (κ3) is 3.93. The Kier molecular flexibility index (Phi) is 5.49. The van der Waals surface area contributed by atoms with Crippen molar-refractivity contribution in [1.82, 2.24) is 0 Å². The molecule has 0 spiro atoms. The Bertz CT molecular complexity index is 532. The zero-order valence-corrected chi connectivity index (χ0v) is 14.8. The summed E-state index contributed by atoms with van der Waals surface area (Å²) in [6, 6.07) is 5.94. The summed E-state index contributed by atoms with van der Waals surface area (Å²) in [6.07, 6.45) is 0. The maximum absolute atomic E-state index is 11.4. The fraction of sp³-hybridized carbons (Fsp3) is 0.611. The third-order valence-electron chi connectivity index (χ3n) is 4.45. The van der Waals surface area contributed by atoms with Crippen molar-refractivity contribution in [3.8, 4) is 0 Å². The molecule has 0 fully saturated rings. The number of carboxylic acids is 1. The second kappa shape index (κ2) is 6.59. The Morgan fingerprint density at radius 2 is 1.77 bits per heavy atom. The zero-order chi connectivity index (χ0) is 17.2. The first-order valence-corrected chi connectivity index (χ1v) is 7.82. The first-order chi connectivity index (χ1) is 9.96. The van der Waals surface area contributed by atoms with Gasteiger partial charge in [0.15, 0.2) is 0 Å². The summed E-state index contributed by atoms with van der Waals surface area (Å²) < 4.78 is 0. The van der Waals surface area contributed by atoms with E-state index >= 15 is 0 Å². The molecule has 22 heavy (non-hydrogen) atoms. The van der Waals surface area contributed by atoms with Gasteiger partial charge in [-0.15, -0.1) is 0 Å². The van der Waals surface area contributed by atoms with E-state index in [1.807, 2.05) is 25.2 Å². The largest absolute Gasteiger partial charge is 0.481 e. The monoisotopic (exact) mass is 306 g/mol. The lowest BCUT2D eigenvalue weighted by Crippen LogP contribution is -2.38. The number of anilines is 2. The van der Waals surface area contributed by atoms with Gasteiger partial charge in [0.2, 0.25) is 0 Å². The molecule has 1 rings (SSSR count). The number of hydrogen-bond acceptors (Lipinski definition) is 3. The first-order valence-electron chi connectivity index (χ1n) is 7.82. The molecule has 0 saturated heterocycles. The van der Waals surface area contributed by atoms with Gasteiger partial charge in [-0.25, -0.2) is 0 Å². The Hall–Kier alpha value is -1.71. The Morgan fingerprint density at radius 1 is 1.23 bits per heavy atom. The molecule has 124 valence electrons. The molecule has 0 bridgehead atoms. The van der Waals surface area contributed by atoms with Gasteiger partial charge in [0.05, 0.1) is 17.3 Å². The van der Waals surface area contributed by atoms with E-state index in [0.29, 0.717) is 5.69 Å². The van der Waals surface area contributed by atoms with Crippen molar-refractivity contribution >= 4 is 17.3 Å². The van der Waals surface area contributed by atoms with Crippen LogP contribution in [0.25, 0.3) is 0 Å². The van der Waals surface area contributed by atoms with Crippen LogP contribution in [0.15, 0.2) is 18.2 Å². The Labute approximate surface area is 134 Å². The standard InChI is InChI=1S/C18H30N2O2/c1-11(2)16(12(3)17(21)22)13-8-9-15(14(19)10-13)20(7)18(4,5)6/h8-12,16H,19H2,1-7H3,(H,21,22). The highest BCUT2D eigenvalue weighted by atomic mass is 16.4.